The summed E-state index contributed by atoms with van der Waals surface area (Å²) in [5.74, 6) is 1.37. The Hall–Kier alpha value is -2.47. The Balaban J connectivity index is 1.32. The third kappa shape index (κ3) is 3.93. The van der Waals surface area contributed by atoms with Gasteiger partial charge in [-0.25, -0.2) is 9.97 Å². The molecule has 1 aromatic carbocycles. The van der Waals surface area contributed by atoms with Crippen molar-refractivity contribution >= 4 is 11.9 Å². The first-order chi connectivity index (χ1) is 14.7. The molecule has 3 aliphatic heterocycles. The maximum absolute atomic E-state index is 12.3. The van der Waals surface area contributed by atoms with Crippen LogP contribution in [0.3, 0.4) is 0 Å². The number of anilines is 1. The first-order valence-electron chi connectivity index (χ1n) is 11.4. The van der Waals surface area contributed by atoms with E-state index >= 15 is 0 Å². The van der Waals surface area contributed by atoms with Crippen molar-refractivity contribution in [3.05, 3.63) is 53.9 Å². The van der Waals surface area contributed by atoms with Crippen molar-refractivity contribution in [2.24, 2.45) is 0 Å². The number of benzene rings is 1. The lowest BCUT2D eigenvalue weighted by Crippen LogP contribution is -2.56. The quantitative estimate of drug-likeness (QED) is 0.847. The number of nitrogens with one attached hydrogen (secondary N) is 1. The molecule has 2 atom stereocenters. The summed E-state index contributed by atoms with van der Waals surface area (Å²) in [6.45, 7) is 4.77. The smallest absolute Gasteiger partial charge is 0.225 e. The number of hydrogen-bond donors (Lipinski definition) is 1. The monoisotopic (exact) mass is 405 g/mol. The first-order valence-corrected chi connectivity index (χ1v) is 11.4. The molecule has 0 aliphatic carbocycles. The van der Waals surface area contributed by atoms with Gasteiger partial charge >= 0.3 is 0 Å². The van der Waals surface area contributed by atoms with Gasteiger partial charge in [0.1, 0.15) is 0 Å². The average molecular weight is 406 g/mol. The molecule has 6 nitrogen and oxygen atoms in total. The highest BCUT2D eigenvalue weighted by Crippen LogP contribution is 2.41. The van der Waals surface area contributed by atoms with Gasteiger partial charge in [0.2, 0.25) is 11.9 Å². The highest BCUT2D eigenvalue weighted by Gasteiger charge is 2.49. The number of amides is 1. The maximum atomic E-state index is 12.3. The molecule has 0 bridgehead atoms. The second-order valence-corrected chi connectivity index (χ2v) is 9.13. The number of hydrogen-bond acceptors (Lipinski definition) is 5. The Kier molecular flexibility index (Phi) is 5.42. The van der Waals surface area contributed by atoms with Crippen LogP contribution in [-0.4, -0.2) is 52.5 Å². The Morgan fingerprint density at radius 3 is 2.53 bits per heavy atom. The minimum atomic E-state index is -0.161. The fourth-order valence-corrected chi connectivity index (χ4v) is 5.53. The van der Waals surface area contributed by atoms with Gasteiger partial charge in [-0.1, -0.05) is 30.3 Å². The van der Waals surface area contributed by atoms with E-state index in [1.54, 1.807) is 0 Å². The van der Waals surface area contributed by atoms with Crippen LogP contribution in [0.1, 0.15) is 55.6 Å². The predicted molar refractivity (Wildman–Crippen MR) is 117 cm³/mol. The van der Waals surface area contributed by atoms with Crippen molar-refractivity contribution in [1.82, 2.24) is 20.2 Å². The van der Waals surface area contributed by atoms with Gasteiger partial charge in [-0.15, -0.1) is 0 Å². The van der Waals surface area contributed by atoms with E-state index in [-0.39, 0.29) is 11.4 Å². The predicted octanol–water partition coefficient (Wildman–Crippen LogP) is 3.11. The Morgan fingerprint density at radius 2 is 1.80 bits per heavy atom. The molecule has 4 heterocycles. The summed E-state index contributed by atoms with van der Waals surface area (Å²) < 4.78 is 0. The van der Waals surface area contributed by atoms with Crippen molar-refractivity contribution in [2.45, 2.75) is 56.5 Å². The van der Waals surface area contributed by atoms with Crippen LogP contribution in [0, 0.1) is 0 Å². The summed E-state index contributed by atoms with van der Waals surface area (Å²) >= 11 is 0. The lowest BCUT2D eigenvalue weighted by molar-refractivity contribution is -0.125. The number of carbonyl (C=O) groups is 1. The molecule has 1 aromatic heterocycles. The van der Waals surface area contributed by atoms with Crippen molar-refractivity contribution in [2.75, 3.05) is 31.1 Å². The molecule has 1 spiro atoms. The minimum absolute atomic E-state index is 0.161. The van der Waals surface area contributed by atoms with Gasteiger partial charge in [-0.3, -0.25) is 9.69 Å². The van der Waals surface area contributed by atoms with Crippen LogP contribution in [0.25, 0.3) is 0 Å². The van der Waals surface area contributed by atoms with Crippen LogP contribution in [0.15, 0.2) is 42.7 Å². The maximum Gasteiger partial charge on any atom is 0.225 e. The Morgan fingerprint density at radius 1 is 1.03 bits per heavy atom. The summed E-state index contributed by atoms with van der Waals surface area (Å²) in [5.41, 5.74) is 2.30. The largest absolute Gasteiger partial charge is 0.349 e. The zero-order chi connectivity index (χ0) is 20.4. The van der Waals surface area contributed by atoms with E-state index in [0.29, 0.717) is 12.3 Å². The summed E-state index contributed by atoms with van der Waals surface area (Å²) in [4.78, 5) is 26.4. The van der Waals surface area contributed by atoms with Crippen LogP contribution < -0.4 is 10.2 Å². The number of aromatic nitrogens is 2. The van der Waals surface area contributed by atoms with Crippen LogP contribution >= 0.6 is 0 Å². The molecule has 0 unspecified atom stereocenters. The zero-order valence-corrected chi connectivity index (χ0v) is 17.6. The average Bonchev–Trinajstić information content (AvgIpc) is 3.12. The van der Waals surface area contributed by atoms with E-state index in [0.717, 1.165) is 57.1 Å². The van der Waals surface area contributed by atoms with Gasteiger partial charge in [0, 0.05) is 63.0 Å². The number of nitrogens with zero attached hydrogens (tertiary/aromatic N) is 4. The molecule has 3 fully saturated rings. The second kappa shape index (κ2) is 8.34. The molecule has 5 rings (SSSR count). The normalized spacial score (nSPS) is 27.4. The minimum Gasteiger partial charge on any atom is -0.349 e. The zero-order valence-electron chi connectivity index (χ0n) is 17.6. The first kappa shape index (κ1) is 19.5. The number of carbonyl (C=O) groups excluding carboxylic acids is 1. The van der Waals surface area contributed by atoms with Gasteiger partial charge in [0.05, 0.1) is 5.54 Å². The lowest BCUT2D eigenvalue weighted by atomic mass is 9.76. The van der Waals surface area contributed by atoms with Crippen molar-refractivity contribution in [3.63, 3.8) is 0 Å². The van der Waals surface area contributed by atoms with E-state index < -0.39 is 0 Å². The molecular formula is C24H31N5O. The van der Waals surface area contributed by atoms with Gasteiger partial charge in [-0.2, -0.15) is 0 Å². The third-order valence-corrected chi connectivity index (χ3v) is 6.97. The Bertz CT molecular complexity index is 865. The molecule has 30 heavy (non-hydrogen) atoms. The molecule has 0 radical (unpaired) electrons. The third-order valence-electron chi connectivity index (χ3n) is 6.97. The van der Waals surface area contributed by atoms with E-state index in [2.05, 4.69) is 55.4 Å². The van der Waals surface area contributed by atoms with E-state index in [1.165, 1.54) is 24.8 Å². The van der Waals surface area contributed by atoms with Gasteiger partial charge in [0.25, 0.3) is 0 Å². The fraction of sp³-hybridized carbons (Fsp3) is 0.542. The molecule has 1 amide bonds. The molecule has 3 saturated heterocycles. The molecule has 158 valence electrons. The number of rotatable bonds is 4. The van der Waals surface area contributed by atoms with Crippen molar-refractivity contribution in [3.8, 4) is 0 Å². The molecular weight excluding hydrogens is 374 g/mol. The van der Waals surface area contributed by atoms with E-state index in [4.69, 9.17) is 0 Å². The van der Waals surface area contributed by atoms with Gasteiger partial charge < -0.3 is 10.2 Å². The van der Waals surface area contributed by atoms with Crippen LogP contribution in [-0.2, 0) is 11.3 Å². The SMILES string of the molecule is O=C1CCC[C@]2(CN(Cc3cnc(N4CCCCC4)nc3)C[C@H]2c2ccccc2)N1. The van der Waals surface area contributed by atoms with E-state index in [1.807, 2.05) is 12.4 Å². The molecule has 1 N–H and O–H groups in total. The highest BCUT2D eigenvalue weighted by molar-refractivity contribution is 5.78. The molecule has 6 heteroatoms. The summed E-state index contributed by atoms with van der Waals surface area (Å²) in [6, 6.07) is 10.7. The lowest BCUT2D eigenvalue weighted by Gasteiger charge is -2.39. The highest BCUT2D eigenvalue weighted by atomic mass is 16.1. The fourth-order valence-electron chi connectivity index (χ4n) is 5.53. The summed E-state index contributed by atoms with van der Waals surface area (Å²) in [7, 11) is 0. The molecule has 0 saturated carbocycles. The van der Waals surface area contributed by atoms with Gasteiger partial charge in [0.15, 0.2) is 0 Å². The van der Waals surface area contributed by atoms with Gasteiger partial charge in [-0.05, 0) is 37.7 Å². The van der Waals surface area contributed by atoms with Crippen molar-refractivity contribution in [1.29, 1.82) is 0 Å². The summed E-state index contributed by atoms with van der Waals surface area (Å²) in [5, 5.41) is 3.39. The second-order valence-electron chi connectivity index (χ2n) is 9.13. The number of likely N-dealkylation sites (tertiary alicyclic amines) is 1. The topological polar surface area (TPSA) is 61.4 Å². The van der Waals surface area contributed by atoms with Crippen molar-refractivity contribution < 1.29 is 4.79 Å². The molecule has 2 aromatic rings. The number of piperidine rings is 2. The van der Waals surface area contributed by atoms with E-state index in [9.17, 15) is 4.79 Å². The van der Waals surface area contributed by atoms with Crippen LogP contribution in [0.2, 0.25) is 0 Å². The standard InChI is InChI=1S/C24H31N5O/c30-22-10-7-11-24(27-22)18-28(17-21(24)20-8-3-1-4-9-20)16-19-14-25-23(26-15-19)29-12-5-2-6-13-29/h1,3-4,8-9,14-15,21H,2,5-7,10-13,16-18H2,(H,27,30)/t21-,24+/m0/s1. The van der Waals surface area contributed by atoms with Crippen LogP contribution in [0.5, 0.6) is 0 Å². The molecule has 3 aliphatic rings. The van der Waals surface area contributed by atoms with Crippen LogP contribution in [0.4, 0.5) is 5.95 Å². The Labute approximate surface area is 178 Å². The summed E-state index contributed by atoms with van der Waals surface area (Å²) in [6.07, 6.45) is 10.4.